The molecule has 5 nitrogen and oxygen atoms in total. The molecule has 2 aliphatic rings. The maximum absolute atomic E-state index is 13.6. The van der Waals surface area contributed by atoms with Crippen molar-refractivity contribution in [1.29, 1.82) is 0 Å². The first kappa shape index (κ1) is 20.7. The van der Waals surface area contributed by atoms with Crippen molar-refractivity contribution < 1.29 is 13.9 Å². The third-order valence-electron chi connectivity index (χ3n) is 5.89. The van der Waals surface area contributed by atoms with Crippen LogP contribution in [-0.2, 0) is 4.79 Å². The number of hydrogen-bond donors (Lipinski definition) is 2. The fourth-order valence-corrected chi connectivity index (χ4v) is 5.00. The number of nitrogens with zero attached hydrogens (tertiary/aromatic N) is 1. The van der Waals surface area contributed by atoms with E-state index in [9.17, 15) is 9.18 Å². The first-order valence-corrected chi connectivity index (χ1v) is 10.9. The van der Waals surface area contributed by atoms with E-state index in [1.54, 1.807) is 41.3 Å². The highest BCUT2D eigenvalue weighted by Crippen LogP contribution is 2.49. The molecule has 2 bridgehead atoms. The number of hydrogen-bond acceptors (Lipinski definition) is 3. The number of amides is 1. The summed E-state index contributed by atoms with van der Waals surface area (Å²) in [6.07, 6.45) is 0. The number of para-hydroxylation sites is 1. The smallest absolute Gasteiger partial charge is 0.236 e. The number of rotatable bonds is 3. The molecule has 3 unspecified atom stereocenters. The molecule has 162 valence electrons. The normalized spacial score (nSPS) is 23.6. The van der Waals surface area contributed by atoms with Gasteiger partial charge in [-0.3, -0.25) is 9.69 Å². The van der Waals surface area contributed by atoms with Gasteiger partial charge >= 0.3 is 0 Å². The van der Waals surface area contributed by atoms with Crippen LogP contribution in [-0.4, -0.2) is 16.7 Å². The highest BCUT2D eigenvalue weighted by atomic mass is 35.5. The van der Waals surface area contributed by atoms with Gasteiger partial charge in [-0.05, 0) is 73.7 Å². The van der Waals surface area contributed by atoms with E-state index in [1.807, 2.05) is 31.2 Å². The van der Waals surface area contributed by atoms with Crippen molar-refractivity contribution in [1.82, 2.24) is 5.32 Å². The van der Waals surface area contributed by atoms with Gasteiger partial charge in [0, 0.05) is 22.0 Å². The summed E-state index contributed by atoms with van der Waals surface area (Å²) in [4.78, 5) is 15.4. The Morgan fingerprint density at radius 3 is 2.53 bits per heavy atom. The Morgan fingerprint density at radius 1 is 1.12 bits per heavy atom. The number of thiocarbonyl (C=S) groups is 1. The van der Waals surface area contributed by atoms with E-state index in [2.05, 4.69) is 10.6 Å². The standard InChI is InChI=1S/C24H19ClFN3O2S/c1-24-20(22(30)27-16-10-6-14(25)7-11-16)21(18-4-2-3-5-19(18)31-24)28-23(32)29(24)17-12-8-15(26)9-13-17/h2-13,20-21H,1H3,(H,27,30)(H,28,32). The number of fused-ring (bicyclic) bond motifs is 4. The number of benzene rings is 3. The zero-order valence-corrected chi connectivity index (χ0v) is 18.6. The summed E-state index contributed by atoms with van der Waals surface area (Å²) in [5.41, 5.74) is 0.932. The second-order valence-electron chi connectivity index (χ2n) is 7.91. The maximum atomic E-state index is 13.6. The SMILES string of the molecule is CC12Oc3ccccc3C(NC(=S)N1c1ccc(F)cc1)C2C(=O)Nc1ccc(Cl)cc1. The summed E-state index contributed by atoms with van der Waals surface area (Å²) < 4.78 is 20.1. The summed E-state index contributed by atoms with van der Waals surface area (Å²) >= 11 is 11.7. The van der Waals surface area contributed by atoms with Gasteiger partial charge in [0.15, 0.2) is 10.8 Å². The van der Waals surface area contributed by atoms with Gasteiger partial charge in [-0.1, -0.05) is 29.8 Å². The van der Waals surface area contributed by atoms with E-state index in [1.165, 1.54) is 12.1 Å². The molecule has 2 N–H and O–H groups in total. The van der Waals surface area contributed by atoms with Crippen LogP contribution in [0.2, 0.25) is 5.02 Å². The molecule has 1 amide bonds. The van der Waals surface area contributed by atoms with Gasteiger partial charge in [-0.15, -0.1) is 0 Å². The zero-order chi connectivity index (χ0) is 22.5. The number of anilines is 2. The molecule has 2 aliphatic heterocycles. The van der Waals surface area contributed by atoms with E-state index >= 15 is 0 Å². The number of nitrogens with one attached hydrogen (secondary N) is 2. The van der Waals surface area contributed by atoms with E-state index in [-0.39, 0.29) is 11.7 Å². The van der Waals surface area contributed by atoms with Gasteiger partial charge in [-0.2, -0.15) is 0 Å². The Hall–Kier alpha value is -3.16. The zero-order valence-electron chi connectivity index (χ0n) is 17.0. The molecule has 0 radical (unpaired) electrons. The van der Waals surface area contributed by atoms with Crippen molar-refractivity contribution in [2.75, 3.05) is 10.2 Å². The summed E-state index contributed by atoms with van der Waals surface area (Å²) in [5.74, 6) is -0.612. The van der Waals surface area contributed by atoms with Crippen molar-refractivity contribution in [3.63, 3.8) is 0 Å². The lowest BCUT2D eigenvalue weighted by molar-refractivity contribution is -0.130. The number of carbonyl (C=O) groups is 1. The van der Waals surface area contributed by atoms with E-state index in [0.29, 0.717) is 27.3 Å². The third-order valence-corrected chi connectivity index (χ3v) is 6.44. The summed E-state index contributed by atoms with van der Waals surface area (Å²) in [6, 6.07) is 20.0. The van der Waals surface area contributed by atoms with Crippen LogP contribution in [0.1, 0.15) is 18.5 Å². The monoisotopic (exact) mass is 467 g/mol. The summed E-state index contributed by atoms with van der Waals surface area (Å²) in [6.45, 7) is 1.83. The molecule has 1 saturated heterocycles. The Labute approximate surface area is 195 Å². The minimum Gasteiger partial charge on any atom is -0.467 e. The largest absolute Gasteiger partial charge is 0.467 e. The molecule has 32 heavy (non-hydrogen) atoms. The van der Waals surface area contributed by atoms with E-state index < -0.39 is 17.7 Å². The molecule has 3 atom stereocenters. The average molecular weight is 468 g/mol. The van der Waals surface area contributed by atoms with Crippen molar-refractivity contribution >= 4 is 46.2 Å². The van der Waals surface area contributed by atoms with Crippen LogP contribution in [0.5, 0.6) is 5.75 Å². The predicted molar refractivity (Wildman–Crippen MR) is 126 cm³/mol. The van der Waals surface area contributed by atoms with Gasteiger partial charge in [-0.25, -0.2) is 4.39 Å². The molecule has 1 fully saturated rings. The average Bonchev–Trinajstić information content (AvgIpc) is 2.76. The molecule has 0 aliphatic carbocycles. The van der Waals surface area contributed by atoms with Crippen molar-refractivity contribution in [3.05, 3.63) is 89.2 Å². The molecular weight excluding hydrogens is 449 g/mol. The number of halogens is 2. The highest BCUT2D eigenvalue weighted by molar-refractivity contribution is 7.80. The van der Waals surface area contributed by atoms with Crippen molar-refractivity contribution in [3.8, 4) is 5.75 Å². The lowest BCUT2D eigenvalue weighted by Crippen LogP contribution is -2.72. The topological polar surface area (TPSA) is 53.6 Å². The lowest BCUT2D eigenvalue weighted by atomic mass is 9.78. The fourth-order valence-electron chi connectivity index (χ4n) is 4.46. The first-order valence-electron chi connectivity index (χ1n) is 10.1. The van der Waals surface area contributed by atoms with Gasteiger partial charge in [0.1, 0.15) is 17.5 Å². The molecule has 5 rings (SSSR count). The Bertz CT molecular complexity index is 1200. The predicted octanol–water partition coefficient (Wildman–Crippen LogP) is 5.28. The molecule has 0 saturated carbocycles. The third kappa shape index (κ3) is 3.38. The Balaban J connectivity index is 1.60. The van der Waals surface area contributed by atoms with Crippen LogP contribution in [0, 0.1) is 11.7 Å². The fraction of sp³-hybridized carbons (Fsp3) is 0.167. The lowest BCUT2D eigenvalue weighted by Gasteiger charge is -2.56. The minimum atomic E-state index is -1.16. The van der Waals surface area contributed by atoms with Gasteiger partial charge in [0.05, 0.1) is 6.04 Å². The number of carbonyl (C=O) groups excluding carboxylic acids is 1. The molecule has 8 heteroatoms. The molecule has 3 aromatic rings. The molecule has 0 spiro atoms. The van der Waals surface area contributed by atoms with E-state index in [0.717, 1.165) is 5.56 Å². The quantitative estimate of drug-likeness (QED) is 0.513. The maximum Gasteiger partial charge on any atom is 0.236 e. The summed E-state index contributed by atoms with van der Waals surface area (Å²) in [7, 11) is 0. The van der Waals surface area contributed by atoms with E-state index in [4.69, 9.17) is 28.6 Å². The minimum absolute atomic E-state index is 0.239. The van der Waals surface area contributed by atoms with Crippen LogP contribution >= 0.6 is 23.8 Å². The van der Waals surface area contributed by atoms with Crippen LogP contribution in [0.4, 0.5) is 15.8 Å². The van der Waals surface area contributed by atoms with Crippen molar-refractivity contribution in [2.45, 2.75) is 18.7 Å². The Kier molecular flexibility index (Phi) is 5.03. The van der Waals surface area contributed by atoms with Crippen LogP contribution in [0.15, 0.2) is 72.8 Å². The van der Waals surface area contributed by atoms with Crippen LogP contribution in [0.25, 0.3) is 0 Å². The second kappa shape index (κ2) is 7.76. The molecule has 3 aromatic carbocycles. The Morgan fingerprint density at radius 2 is 1.81 bits per heavy atom. The van der Waals surface area contributed by atoms with Gasteiger partial charge in [0.2, 0.25) is 5.91 Å². The summed E-state index contributed by atoms with van der Waals surface area (Å²) in [5, 5.41) is 7.27. The molecule has 0 aromatic heterocycles. The second-order valence-corrected chi connectivity index (χ2v) is 8.73. The van der Waals surface area contributed by atoms with Gasteiger partial charge < -0.3 is 15.4 Å². The van der Waals surface area contributed by atoms with Crippen LogP contribution in [0.3, 0.4) is 0 Å². The molecular formula is C24H19ClFN3O2S. The van der Waals surface area contributed by atoms with Gasteiger partial charge in [0.25, 0.3) is 0 Å². The highest BCUT2D eigenvalue weighted by Gasteiger charge is 2.59. The molecule has 2 heterocycles. The first-order chi connectivity index (χ1) is 15.4. The van der Waals surface area contributed by atoms with Crippen molar-refractivity contribution in [2.24, 2.45) is 5.92 Å². The number of ether oxygens (including phenoxy) is 1. The van der Waals surface area contributed by atoms with Crippen LogP contribution < -0.4 is 20.3 Å².